The first kappa shape index (κ1) is 35.6. The van der Waals surface area contributed by atoms with E-state index < -0.39 is 0 Å². The number of benzene rings is 1. The number of para-hydroxylation sites is 2. The van der Waals surface area contributed by atoms with E-state index in [9.17, 15) is 0 Å². The maximum absolute atomic E-state index is 5.82. The van der Waals surface area contributed by atoms with Crippen LogP contribution in [0.4, 0.5) is 5.69 Å². The van der Waals surface area contributed by atoms with Gasteiger partial charge in [-0.3, -0.25) is 0 Å². The summed E-state index contributed by atoms with van der Waals surface area (Å²) < 4.78 is 44.1. The van der Waals surface area contributed by atoms with Crippen LogP contribution in [0.2, 0.25) is 0 Å². The number of nitrogen functional groups attached to an aromatic ring is 1. The number of rotatable bonds is 31. The Labute approximate surface area is 236 Å². The zero-order chi connectivity index (χ0) is 27.9. The topological polar surface area (TPSA) is 99.9 Å². The molecule has 9 heteroatoms. The van der Waals surface area contributed by atoms with Crippen molar-refractivity contribution in [3.63, 3.8) is 0 Å². The highest BCUT2D eigenvalue weighted by atomic mass is 16.6. The first-order valence-electron chi connectivity index (χ1n) is 14.9. The summed E-state index contributed by atoms with van der Waals surface area (Å²) in [6, 6.07) is 7.41. The molecule has 39 heavy (non-hydrogen) atoms. The molecule has 0 amide bonds. The van der Waals surface area contributed by atoms with Crippen molar-refractivity contribution in [3.05, 3.63) is 24.3 Å². The van der Waals surface area contributed by atoms with Crippen molar-refractivity contribution < 1.29 is 37.9 Å². The molecule has 1 rings (SSSR count). The summed E-state index contributed by atoms with van der Waals surface area (Å²) in [5, 5.41) is 0. The quantitative estimate of drug-likeness (QED) is 0.101. The van der Waals surface area contributed by atoms with Crippen LogP contribution < -0.4 is 10.5 Å². The van der Waals surface area contributed by atoms with E-state index in [1.165, 1.54) is 44.9 Å². The van der Waals surface area contributed by atoms with Crippen LogP contribution >= 0.6 is 0 Å². The molecule has 0 atom stereocenters. The second-order valence-electron chi connectivity index (χ2n) is 9.15. The minimum Gasteiger partial charge on any atom is -0.489 e. The molecule has 0 saturated carbocycles. The molecule has 0 aromatic heterocycles. The van der Waals surface area contributed by atoms with Crippen molar-refractivity contribution in [2.45, 2.75) is 58.3 Å². The Kier molecular flexibility index (Phi) is 26.9. The summed E-state index contributed by atoms with van der Waals surface area (Å²) in [5.41, 5.74) is 6.44. The average Bonchev–Trinajstić information content (AvgIpc) is 2.95. The number of hydrogen-bond donors (Lipinski definition) is 1. The molecule has 1 aromatic carbocycles. The predicted molar refractivity (Wildman–Crippen MR) is 155 cm³/mol. The lowest BCUT2D eigenvalue weighted by Gasteiger charge is -2.09. The Bertz CT molecular complexity index is 622. The van der Waals surface area contributed by atoms with Gasteiger partial charge in [-0.15, -0.1) is 0 Å². The van der Waals surface area contributed by atoms with Gasteiger partial charge >= 0.3 is 0 Å². The SMILES string of the molecule is CCCCCCCCCCOCCOCCOCCOCCOCCOCCOCCOc1ccccc1N. The standard InChI is InChI=1S/C30H55NO8/c1-2-3-4-5-6-7-8-11-14-32-15-16-33-17-18-34-19-20-35-21-22-36-23-24-37-25-26-38-27-28-39-30-13-10-9-12-29(30)31/h9-10,12-13H,2-8,11,14-28,31H2,1H3. The fourth-order valence-electron chi connectivity index (χ4n) is 3.58. The van der Waals surface area contributed by atoms with Crippen molar-refractivity contribution in [1.29, 1.82) is 0 Å². The normalized spacial score (nSPS) is 11.3. The molecule has 228 valence electrons. The Morgan fingerprint density at radius 2 is 0.795 bits per heavy atom. The fourth-order valence-corrected chi connectivity index (χ4v) is 3.58. The zero-order valence-electron chi connectivity index (χ0n) is 24.4. The van der Waals surface area contributed by atoms with Crippen LogP contribution in [0.15, 0.2) is 24.3 Å². The maximum atomic E-state index is 5.82. The highest BCUT2D eigenvalue weighted by Crippen LogP contribution is 2.19. The Balaban J connectivity index is 1.64. The second kappa shape index (κ2) is 29.5. The van der Waals surface area contributed by atoms with Gasteiger partial charge < -0.3 is 43.6 Å². The van der Waals surface area contributed by atoms with Gasteiger partial charge in [0.05, 0.1) is 91.6 Å². The van der Waals surface area contributed by atoms with Gasteiger partial charge in [0.15, 0.2) is 0 Å². The first-order valence-corrected chi connectivity index (χ1v) is 14.9. The molecule has 1 aromatic rings. The van der Waals surface area contributed by atoms with Crippen molar-refractivity contribution in [1.82, 2.24) is 0 Å². The molecular formula is C30H55NO8. The molecule has 0 spiro atoms. The lowest BCUT2D eigenvalue weighted by molar-refractivity contribution is -0.0212. The van der Waals surface area contributed by atoms with Gasteiger partial charge in [-0.1, -0.05) is 64.0 Å². The van der Waals surface area contributed by atoms with Crippen LogP contribution in [-0.4, -0.2) is 99.1 Å². The summed E-state index contributed by atoms with van der Waals surface area (Å²) >= 11 is 0. The van der Waals surface area contributed by atoms with Gasteiger partial charge in [-0.2, -0.15) is 0 Å². The van der Waals surface area contributed by atoms with Crippen LogP contribution in [0.3, 0.4) is 0 Å². The molecule has 0 aliphatic rings. The molecule has 0 radical (unpaired) electrons. The van der Waals surface area contributed by atoms with Gasteiger partial charge in [-0.05, 0) is 18.6 Å². The first-order chi connectivity index (χ1) is 19.3. The minimum absolute atomic E-state index is 0.449. The van der Waals surface area contributed by atoms with E-state index in [0.29, 0.717) is 104 Å². The van der Waals surface area contributed by atoms with Gasteiger partial charge in [0, 0.05) is 6.61 Å². The van der Waals surface area contributed by atoms with E-state index in [0.717, 1.165) is 13.0 Å². The molecule has 9 nitrogen and oxygen atoms in total. The summed E-state index contributed by atoms with van der Waals surface area (Å²) in [7, 11) is 0. The third-order valence-electron chi connectivity index (χ3n) is 5.78. The number of unbranched alkanes of at least 4 members (excludes halogenated alkanes) is 7. The third kappa shape index (κ3) is 25.3. The van der Waals surface area contributed by atoms with E-state index in [1.54, 1.807) is 0 Å². The van der Waals surface area contributed by atoms with E-state index >= 15 is 0 Å². The third-order valence-corrected chi connectivity index (χ3v) is 5.78. The largest absolute Gasteiger partial charge is 0.489 e. The van der Waals surface area contributed by atoms with Gasteiger partial charge in [0.25, 0.3) is 0 Å². The van der Waals surface area contributed by atoms with Crippen LogP contribution in [0.1, 0.15) is 58.3 Å². The zero-order valence-corrected chi connectivity index (χ0v) is 24.4. The number of hydrogen-bond acceptors (Lipinski definition) is 9. The van der Waals surface area contributed by atoms with E-state index in [1.807, 2.05) is 24.3 Å². The van der Waals surface area contributed by atoms with E-state index in [2.05, 4.69) is 6.92 Å². The highest BCUT2D eigenvalue weighted by molar-refractivity contribution is 5.51. The molecular weight excluding hydrogens is 502 g/mol. The molecule has 0 aliphatic carbocycles. The molecule has 0 bridgehead atoms. The Hall–Kier alpha value is -1.46. The average molecular weight is 558 g/mol. The van der Waals surface area contributed by atoms with E-state index in [4.69, 9.17) is 43.6 Å². The monoisotopic (exact) mass is 557 g/mol. The summed E-state index contributed by atoms with van der Waals surface area (Å²) in [6.07, 6.45) is 10.6. The van der Waals surface area contributed by atoms with E-state index in [-0.39, 0.29) is 0 Å². The second-order valence-corrected chi connectivity index (χ2v) is 9.15. The maximum Gasteiger partial charge on any atom is 0.142 e. The lowest BCUT2D eigenvalue weighted by Crippen LogP contribution is -2.15. The van der Waals surface area contributed by atoms with Gasteiger partial charge in [0.2, 0.25) is 0 Å². The minimum atomic E-state index is 0.449. The van der Waals surface area contributed by atoms with Crippen LogP contribution in [-0.2, 0) is 33.2 Å². The number of nitrogens with two attached hydrogens (primary N) is 1. The smallest absolute Gasteiger partial charge is 0.142 e. The Morgan fingerprint density at radius 1 is 0.436 bits per heavy atom. The summed E-state index contributed by atoms with van der Waals surface area (Å²) in [5.74, 6) is 0.678. The van der Waals surface area contributed by atoms with Crippen molar-refractivity contribution >= 4 is 5.69 Å². The fraction of sp³-hybridized carbons (Fsp3) is 0.800. The van der Waals surface area contributed by atoms with Crippen molar-refractivity contribution in [3.8, 4) is 5.75 Å². The van der Waals surface area contributed by atoms with Crippen LogP contribution in [0.5, 0.6) is 5.75 Å². The summed E-state index contributed by atoms with van der Waals surface area (Å²) in [4.78, 5) is 0. The molecule has 0 fully saturated rings. The molecule has 0 saturated heterocycles. The van der Waals surface area contributed by atoms with Gasteiger partial charge in [0.1, 0.15) is 12.4 Å². The van der Waals surface area contributed by atoms with Crippen molar-refractivity contribution in [2.75, 3.05) is 105 Å². The van der Waals surface area contributed by atoms with Crippen molar-refractivity contribution in [2.24, 2.45) is 0 Å². The summed E-state index contributed by atoms with van der Waals surface area (Å²) in [6.45, 7) is 10.6. The molecule has 0 aliphatic heterocycles. The molecule has 0 heterocycles. The van der Waals surface area contributed by atoms with Crippen LogP contribution in [0.25, 0.3) is 0 Å². The molecule has 0 unspecified atom stereocenters. The highest BCUT2D eigenvalue weighted by Gasteiger charge is 1.99. The van der Waals surface area contributed by atoms with Crippen LogP contribution in [0, 0.1) is 0 Å². The number of ether oxygens (including phenoxy) is 8. The van der Waals surface area contributed by atoms with Gasteiger partial charge in [-0.25, -0.2) is 0 Å². The molecule has 2 N–H and O–H groups in total. The lowest BCUT2D eigenvalue weighted by atomic mass is 10.1. The Morgan fingerprint density at radius 3 is 1.23 bits per heavy atom. The number of anilines is 1. The predicted octanol–water partition coefficient (Wildman–Crippen LogP) is 4.90.